The van der Waals surface area contributed by atoms with Gasteiger partial charge in [-0.15, -0.1) is 0 Å². The van der Waals surface area contributed by atoms with Gasteiger partial charge in [0.1, 0.15) is 18.5 Å². The number of hydrogen-bond acceptors (Lipinski definition) is 4. The average Bonchev–Trinajstić information content (AvgIpc) is 2.78. The van der Waals surface area contributed by atoms with Crippen LogP contribution in [-0.2, 0) is 18.9 Å². The molecule has 2 saturated heterocycles. The molecule has 2 aliphatic heterocycles. The summed E-state index contributed by atoms with van der Waals surface area (Å²) in [5.41, 5.74) is -0.107. The zero-order valence-corrected chi connectivity index (χ0v) is 7.25. The third-order valence-electron chi connectivity index (χ3n) is 2.01. The zero-order chi connectivity index (χ0) is 8.44. The largest absolute Gasteiger partial charge is 0.375 e. The minimum atomic E-state index is -0.107. The third kappa shape index (κ3) is 2.17. The molecule has 0 radical (unpaired) electrons. The SMILES string of the molecule is CC1(OCOCC2CO2)COC1. The van der Waals surface area contributed by atoms with Crippen LogP contribution < -0.4 is 0 Å². The Labute approximate surface area is 71.7 Å². The van der Waals surface area contributed by atoms with Gasteiger partial charge in [-0.05, 0) is 6.92 Å². The lowest BCUT2D eigenvalue weighted by molar-refractivity contribution is -0.236. The van der Waals surface area contributed by atoms with Crippen molar-refractivity contribution in [1.82, 2.24) is 0 Å². The van der Waals surface area contributed by atoms with Crippen molar-refractivity contribution in [1.29, 1.82) is 0 Å². The van der Waals surface area contributed by atoms with Crippen LogP contribution in [0, 0.1) is 0 Å². The molecule has 2 aliphatic rings. The summed E-state index contributed by atoms with van der Waals surface area (Å²) in [7, 11) is 0. The molecule has 0 aromatic carbocycles. The van der Waals surface area contributed by atoms with Gasteiger partial charge in [0.2, 0.25) is 0 Å². The van der Waals surface area contributed by atoms with Crippen molar-refractivity contribution in [3.8, 4) is 0 Å². The molecule has 0 bridgehead atoms. The molecule has 0 aromatic rings. The molecule has 0 N–H and O–H groups in total. The lowest BCUT2D eigenvalue weighted by Gasteiger charge is -2.37. The molecule has 0 spiro atoms. The summed E-state index contributed by atoms with van der Waals surface area (Å²) in [6.45, 7) is 5.21. The molecule has 4 heteroatoms. The summed E-state index contributed by atoms with van der Waals surface area (Å²) in [6.07, 6.45) is 0.319. The second-order valence-corrected chi connectivity index (χ2v) is 3.53. The molecule has 2 fully saturated rings. The Kier molecular flexibility index (Phi) is 2.32. The fourth-order valence-electron chi connectivity index (χ4n) is 1.00. The van der Waals surface area contributed by atoms with E-state index >= 15 is 0 Å². The quantitative estimate of drug-likeness (QED) is 0.338. The highest BCUT2D eigenvalue weighted by Gasteiger charge is 2.34. The van der Waals surface area contributed by atoms with E-state index in [1.807, 2.05) is 6.92 Å². The van der Waals surface area contributed by atoms with Gasteiger partial charge < -0.3 is 18.9 Å². The molecule has 2 heterocycles. The first-order valence-electron chi connectivity index (χ1n) is 4.20. The first kappa shape index (κ1) is 8.44. The molecule has 12 heavy (non-hydrogen) atoms. The van der Waals surface area contributed by atoms with Crippen LogP contribution in [0.15, 0.2) is 0 Å². The first-order valence-corrected chi connectivity index (χ1v) is 4.20. The molecule has 0 saturated carbocycles. The van der Waals surface area contributed by atoms with Gasteiger partial charge in [-0.1, -0.05) is 0 Å². The summed E-state index contributed by atoms with van der Waals surface area (Å²) in [5.74, 6) is 0. The van der Waals surface area contributed by atoms with E-state index < -0.39 is 0 Å². The monoisotopic (exact) mass is 174 g/mol. The second-order valence-electron chi connectivity index (χ2n) is 3.53. The van der Waals surface area contributed by atoms with Gasteiger partial charge in [0.25, 0.3) is 0 Å². The van der Waals surface area contributed by atoms with Crippen LogP contribution in [0.2, 0.25) is 0 Å². The van der Waals surface area contributed by atoms with Crippen molar-refractivity contribution in [2.75, 3.05) is 33.2 Å². The Bertz CT molecular complexity index is 151. The number of epoxide rings is 1. The van der Waals surface area contributed by atoms with Crippen molar-refractivity contribution < 1.29 is 18.9 Å². The molecule has 0 aromatic heterocycles. The maximum atomic E-state index is 5.44. The molecule has 1 unspecified atom stereocenters. The van der Waals surface area contributed by atoms with Gasteiger partial charge >= 0.3 is 0 Å². The summed E-state index contributed by atoms with van der Waals surface area (Å²) < 4.78 is 20.7. The van der Waals surface area contributed by atoms with E-state index in [2.05, 4.69) is 0 Å². The van der Waals surface area contributed by atoms with Crippen LogP contribution >= 0.6 is 0 Å². The van der Waals surface area contributed by atoms with Crippen molar-refractivity contribution in [2.24, 2.45) is 0 Å². The predicted molar refractivity (Wildman–Crippen MR) is 40.9 cm³/mol. The topological polar surface area (TPSA) is 40.2 Å². The Hall–Kier alpha value is -0.160. The molecule has 0 aliphatic carbocycles. The normalized spacial score (nSPS) is 31.2. The molecule has 4 nitrogen and oxygen atoms in total. The Balaban J connectivity index is 1.49. The van der Waals surface area contributed by atoms with E-state index in [1.54, 1.807) is 0 Å². The summed E-state index contributed by atoms with van der Waals surface area (Å²) in [6, 6.07) is 0. The van der Waals surface area contributed by atoms with Gasteiger partial charge in [0.05, 0.1) is 26.4 Å². The van der Waals surface area contributed by atoms with Crippen molar-refractivity contribution in [3.63, 3.8) is 0 Å². The maximum Gasteiger partial charge on any atom is 0.147 e. The van der Waals surface area contributed by atoms with Gasteiger partial charge in [0, 0.05) is 0 Å². The molecular formula is C8H14O4. The van der Waals surface area contributed by atoms with E-state index in [9.17, 15) is 0 Å². The van der Waals surface area contributed by atoms with Crippen LogP contribution in [0.25, 0.3) is 0 Å². The number of hydrogen-bond donors (Lipinski definition) is 0. The fourth-order valence-corrected chi connectivity index (χ4v) is 1.00. The molecule has 0 amide bonds. The van der Waals surface area contributed by atoms with Crippen LogP contribution in [0.5, 0.6) is 0 Å². The lowest BCUT2D eigenvalue weighted by atomic mass is 10.1. The Morgan fingerprint density at radius 3 is 2.75 bits per heavy atom. The number of ether oxygens (including phenoxy) is 4. The number of rotatable bonds is 5. The van der Waals surface area contributed by atoms with Gasteiger partial charge in [-0.2, -0.15) is 0 Å². The zero-order valence-electron chi connectivity index (χ0n) is 7.25. The minimum absolute atomic E-state index is 0.107. The fraction of sp³-hybridized carbons (Fsp3) is 1.00. The Morgan fingerprint density at radius 1 is 1.50 bits per heavy atom. The highest BCUT2D eigenvalue weighted by atomic mass is 16.7. The molecule has 70 valence electrons. The van der Waals surface area contributed by atoms with Crippen LogP contribution in [0.4, 0.5) is 0 Å². The van der Waals surface area contributed by atoms with E-state index in [-0.39, 0.29) is 5.60 Å². The molecular weight excluding hydrogens is 160 g/mol. The average molecular weight is 174 g/mol. The smallest absolute Gasteiger partial charge is 0.147 e. The summed E-state index contributed by atoms with van der Waals surface area (Å²) in [4.78, 5) is 0. The second kappa shape index (κ2) is 3.30. The summed E-state index contributed by atoms with van der Waals surface area (Å²) in [5, 5.41) is 0. The van der Waals surface area contributed by atoms with Crippen molar-refractivity contribution >= 4 is 0 Å². The van der Waals surface area contributed by atoms with E-state index in [0.717, 1.165) is 6.61 Å². The summed E-state index contributed by atoms with van der Waals surface area (Å²) >= 11 is 0. The third-order valence-corrected chi connectivity index (χ3v) is 2.01. The predicted octanol–water partition coefficient (Wildman–Crippen LogP) is 0.165. The van der Waals surface area contributed by atoms with Gasteiger partial charge in [0.15, 0.2) is 0 Å². The molecule has 2 rings (SSSR count). The van der Waals surface area contributed by atoms with E-state index in [1.165, 1.54) is 0 Å². The Morgan fingerprint density at radius 2 is 2.25 bits per heavy atom. The van der Waals surface area contributed by atoms with Gasteiger partial charge in [-0.25, -0.2) is 0 Å². The van der Waals surface area contributed by atoms with Crippen molar-refractivity contribution in [2.45, 2.75) is 18.6 Å². The standard InChI is InChI=1S/C8H14O4/c1-8(4-10-5-8)12-6-9-2-7-3-11-7/h7H,2-6H2,1H3. The van der Waals surface area contributed by atoms with Gasteiger partial charge in [-0.3, -0.25) is 0 Å². The van der Waals surface area contributed by atoms with Crippen molar-refractivity contribution in [3.05, 3.63) is 0 Å². The van der Waals surface area contributed by atoms with Crippen LogP contribution in [0.3, 0.4) is 0 Å². The maximum absolute atomic E-state index is 5.44. The van der Waals surface area contributed by atoms with Crippen LogP contribution in [0.1, 0.15) is 6.92 Å². The lowest BCUT2D eigenvalue weighted by Crippen LogP contribution is -2.49. The molecule has 1 atom stereocenters. The van der Waals surface area contributed by atoms with E-state index in [4.69, 9.17) is 18.9 Å². The van der Waals surface area contributed by atoms with Crippen LogP contribution in [-0.4, -0.2) is 44.9 Å². The minimum Gasteiger partial charge on any atom is -0.375 e. The first-order chi connectivity index (χ1) is 5.79. The highest BCUT2D eigenvalue weighted by Crippen LogP contribution is 2.20. The van der Waals surface area contributed by atoms with E-state index in [0.29, 0.717) is 32.7 Å². The highest BCUT2D eigenvalue weighted by molar-refractivity contribution is 4.81.